The monoisotopic (exact) mass is 111 g/mol. The van der Waals surface area contributed by atoms with Crippen molar-refractivity contribution in [2.45, 2.75) is 6.92 Å². The molecule has 0 unspecified atom stereocenters. The summed E-state index contributed by atoms with van der Waals surface area (Å²) in [4.78, 5) is 4.44. The molecule has 3 heteroatoms. The predicted octanol–water partition coefficient (Wildman–Crippen LogP) is 0.579. The number of rotatable bonds is 2. The highest BCUT2D eigenvalue weighted by atomic mass is 35.5. The van der Waals surface area contributed by atoms with Gasteiger partial charge < -0.3 is 4.84 Å². The van der Waals surface area contributed by atoms with Crippen LogP contribution in [0.2, 0.25) is 0 Å². The zero-order valence-electron chi connectivity index (χ0n) is 4.02. The van der Waals surface area contributed by atoms with Gasteiger partial charge in [0.1, 0.15) is 0 Å². The number of nitrogens with one attached hydrogen (secondary N) is 1. The van der Waals surface area contributed by atoms with E-state index in [0.717, 1.165) is 6.54 Å². The van der Waals surface area contributed by atoms with Crippen LogP contribution in [0.1, 0.15) is 6.92 Å². The van der Waals surface area contributed by atoms with Crippen molar-refractivity contribution in [1.82, 2.24) is 5.48 Å². The summed E-state index contributed by atoms with van der Waals surface area (Å²) in [6, 6.07) is 0. The summed E-state index contributed by atoms with van der Waals surface area (Å²) in [7, 11) is 1.60. The third-order valence-electron chi connectivity index (χ3n) is 0.289. The van der Waals surface area contributed by atoms with E-state index >= 15 is 0 Å². The first-order chi connectivity index (χ1) is 2.41. The van der Waals surface area contributed by atoms with E-state index in [4.69, 9.17) is 0 Å². The molecule has 0 atom stereocenters. The first kappa shape index (κ1) is 9.51. The van der Waals surface area contributed by atoms with Gasteiger partial charge in [-0.25, -0.2) is 5.48 Å². The van der Waals surface area contributed by atoms with Gasteiger partial charge >= 0.3 is 0 Å². The fourth-order valence-corrected chi connectivity index (χ4v) is 0.144. The van der Waals surface area contributed by atoms with E-state index in [1.165, 1.54) is 0 Å². The average Bonchev–Trinajstić information content (AvgIpc) is 1.41. The topological polar surface area (TPSA) is 21.3 Å². The van der Waals surface area contributed by atoms with E-state index in [-0.39, 0.29) is 12.4 Å². The van der Waals surface area contributed by atoms with Gasteiger partial charge in [-0.1, -0.05) is 6.92 Å². The van der Waals surface area contributed by atoms with Crippen molar-refractivity contribution in [1.29, 1.82) is 0 Å². The molecule has 0 aromatic rings. The second kappa shape index (κ2) is 8.96. The Morgan fingerprint density at radius 1 is 1.67 bits per heavy atom. The molecule has 0 bridgehead atoms. The average molecular weight is 112 g/mol. The lowest BCUT2D eigenvalue weighted by Crippen LogP contribution is -2.08. The van der Waals surface area contributed by atoms with Gasteiger partial charge in [-0.2, -0.15) is 0 Å². The highest BCUT2D eigenvalue weighted by Crippen LogP contribution is 1.47. The molecule has 0 aliphatic heterocycles. The molecule has 0 rings (SSSR count). The maximum Gasteiger partial charge on any atom is 0.0572 e. The van der Waals surface area contributed by atoms with Gasteiger partial charge in [-0.05, 0) is 0 Å². The van der Waals surface area contributed by atoms with Gasteiger partial charge in [0.05, 0.1) is 7.11 Å². The van der Waals surface area contributed by atoms with Crippen LogP contribution in [0.25, 0.3) is 0 Å². The minimum absolute atomic E-state index is 0. The molecule has 0 saturated heterocycles. The lowest BCUT2D eigenvalue weighted by Gasteiger charge is -1.88. The minimum atomic E-state index is 0. The molecule has 0 aromatic heterocycles. The van der Waals surface area contributed by atoms with Gasteiger partial charge in [0.2, 0.25) is 0 Å². The molecule has 2 nitrogen and oxygen atoms in total. The maximum absolute atomic E-state index is 4.44. The van der Waals surface area contributed by atoms with Crippen molar-refractivity contribution < 1.29 is 4.84 Å². The zero-order valence-corrected chi connectivity index (χ0v) is 4.84. The molecule has 0 spiro atoms. The fraction of sp³-hybridized carbons (Fsp3) is 1.00. The molecule has 1 N–H and O–H groups in total. The number of hydrogen-bond acceptors (Lipinski definition) is 2. The maximum atomic E-state index is 4.44. The largest absolute Gasteiger partial charge is 0.305 e. The van der Waals surface area contributed by atoms with E-state index in [0.29, 0.717) is 0 Å². The van der Waals surface area contributed by atoms with Crippen molar-refractivity contribution in [2.75, 3.05) is 13.7 Å². The SMILES string of the molecule is CCNOC.Cl. The van der Waals surface area contributed by atoms with Crippen LogP contribution in [0.4, 0.5) is 0 Å². The first-order valence-corrected chi connectivity index (χ1v) is 1.67. The van der Waals surface area contributed by atoms with Crippen LogP contribution in [0.15, 0.2) is 0 Å². The van der Waals surface area contributed by atoms with Gasteiger partial charge in [-0.3, -0.25) is 0 Å². The third kappa shape index (κ3) is 8.88. The minimum Gasteiger partial charge on any atom is -0.305 e. The molecule has 0 fully saturated rings. The standard InChI is InChI=1S/C3H9NO.ClH/c1-3-4-5-2;/h4H,3H2,1-2H3;1H. The number of hydroxylamine groups is 1. The number of hydrogen-bond donors (Lipinski definition) is 1. The summed E-state index contributed by atoms with van der Waals surface area (Å²) in [5.74, 6) is 0. The van der Waals surface area contributed by atoms with Crippen molar-refractivity contribution in [3.05, 3.63) is 0 Å². The Kier molecular flexibility index (Phi) is 14.2. The molecule has 0 aromatic carbocycles. The molecule has 6 heavy (non-hydrogen) atoms. The highest BCUT2D eigenvalue weighted by Gasteiger charge is 1.61. The lowest BCUT2D eigenvalue weighted by atomic mass is 10.8. The number of halogens is 1. The van der Waals surface area contributed by atoms with Crippen molar-refractivity contribution in [2.24, 2.45) is 0 Å². The molecular formula is C3H10ClNO. The smallest absolute Gasteiger partial charge is 0.0572 e. The van der Waals surface area contributed by atoms with Gasteiger partial charge in [0.15, 0.2) is 0 Å². The Bertz CT molecular complexity index is 18.3. The summed E-state index contributed by atoms with van der Waals surface area (Å²) in [6.07, 6.45) is 0. The molecule has 0 radical (unpaired) electrons. The van der Waals surface area contributed by atoms with Gasteiger partial charge in [0.25, 0.3) is 0 Å². The van der Waals surface area contributed by atoms with Crippen LogP contribution >= 0.6 is 12.4 Å². The van der Waals surface area contributed by atoms with Crippen LogP contribution in [0, 0.1) is 0 Å². The Balaban J connectivity index is 0. The van der Waals surface area contributed by atoms with E-state index in [9.17, 15) is 0 Å². The summed E-state index contributed by atoms with van der Waals surface area (Å²) in [5.41, 5.74) is 2.61. The molecule has 0 amide bonds. The second-order valence-electron chi connectivity index (χ2n) is 0.702. The molecule has 0 aliphatic carbocycles. The molecule has 0 aliphatic rings. The Labute approximate surface area is 44.2 Å². The quantitative estimate of drug-likeness (QED) is 0.527. The van der Waals surface area contributed by atoms with Gasteiger partial charge in [0, 0.05) is 6.54 Å². The first-order valence-electron chi connectivity index (χ1n) is 1.67. The van der Waals surface area contributed by atoms with Crippen LogP contribution in [0.5, 0.6) is 0 Å². The predicted molar refractivity (Wildman–Crippen MR) is 27.9 cm³/mol. The molecular weight excluding hydrogens is 101 g/mol. The third-order valence-corrected chi connectivity index (χ3v) is 0.289. The van der Waals surface area contributed by atoms with Crippen LogP contribution < -0.4 is 5.48 Å². The highest BCUT2D eigenvalue weighted by molar-refractivity contribution is 5.85. The van der Waals surface area contributed by atoms with Crippen LogP contribution in [-0.4, -0.2) is 13.7 Å². The van der Waals surface area contributed by atoms with Crippen LogP contribution in [0.3, 0.4) is 0 Å². The zero-order chi connectivity index (χ0) is 4.12. The fourth-order valence-electron chi connectivity index (χ4n) is 0.144. The van der Waals surface area contributed by atoms with Crippen molar-refractivity contribution >= 4 is 12.4 Å². The van der Waals surface area contributed by atoms with Crippen molar-refractivity contribution in [3.63, 3.8) is 0 Å². The normalized spacial score (nSPS) is 7.00. The van der Waals surface area contributed by atoms with Crippen LogP contribution in [-0.2, 0) is 4.84 Å². The second-order valence-corrected chi connectivity index (χ2v) is 0.702. The van der Waals surface area contributed by atoms with E-state index in [1.807, 2.05) is 6.92 Å². The molecule has 40 valence electrons. The Morgan fingerprint density at radius 2 is 2.17 bits per heavy atom. The summed E-state index contributed by atoms with van der Waals surface area (Å²) in [5, 5.41) is 0. The lowest BCUT2D eigenvalue weighted by molar-refractivity contribution is 0.0962. The Morgan fingerprint density at radius 3 is 2.17 bits per heavy atom. The molecule has 0 heterocycles. The summed E-state index contributed by atoms with van der Waals surface area (Å²) >= 11 is 0. The van der Waals surface area contributed by atoms with E-state index in [2.05, 4.69) is 10.3 Å². The summed E-state index contributed by atoms with van der Waals surface area (Å²) in [6.45, 7) is 2.85. The van der Waals surface area contributed by atoms with E-state index < -0.39 is 0 Å². The Hall–Kier alpha value is 0.210. The van der Waals surface area contributed by atoms with Gasteiger partial charge in [-0.15, -0.1) is 12.4 Å². The summed E-state index contributed by atoms with van der Waals surface area (Å²) < 4.78 is 0. The van der Waals surface area contributed by atoms with Crippen molar-refractivity contribution in [3.8, 4) is 0 Å². The van der Waals surface area contributed by atoms with E-state index in [1.54, 1.807) is 7.11 Å². The molecule has 0 saturated carbocycles.